The molecule has 1 aromatic heterocycles. The average molecular weight is 404 g/mol. The summed E-state index contributed by atoms with van der Waals surface area (Å²) >= 11 is 3.71. The Hall–Kier alpha value is -0.120. The SMILES string of the molecule is Cc1cc(C(=O)NI)c(=O)[nH]c1I. The molecule has 0 aliphatic heterocycles. The molecule has 0 bridgehead atoms. The van der Waals surface area contributed by atoms with Gasteiger partial charge in [-0.05, 0) is 41.1 Å². The summed E-state index contributed by atoms with van der Waals surface area (Å²) in [6.07, 6.45) is 0. The van der Waals surface area contributed by atoms with Crippen molar-refractivity contribution in [3.8, 4) is 0 Å². The number of nitrogens with one attached hydrogen (secondary N) is 2. The number of aromatic nitrogens is 1. The standard InChI is InChI=1S/C7H6I2N2O2/c1-3-2-4(7(13)11-9)6(12)10-5(3)8/h2H,1H3,(H,10,12)(H,11,13). The van der Waals surface area contributed by atoms with Gasteiger partial charge in [-0.1, -0.05) is 0 Å². The number of carbonyl (C=O) groups is 1. The van der Waals surface area contributed by atoms with Crippen LogP contribution in [0.5, 0.6) is 0 Å². The largest absolute Gasteiger partial charge is 0.316 e. The summed E-state index contributed by atoms with van der Waals surface area (Å²) in [6, 6.07) is 1.58. The second-order valence-electron chi connectivity index (χ2n) is 2.43. The van der Waals surface area contributed by atoms with Gasteiger partial charge in [-0.25, -0.2) is 0 Å². The highest BCUT2D eigenvalue weighted by atomic mass is 127. The van der Waals surface area contributed by atoms with Gasteiger partial charge in [-0.15, -0.1) is 0 Å². The summed E-state index contributed by atoms with van der Waals surface area (Å²) in [5.41, 5.74) is 0.673. The predicted octanol–water partition coefficient (Wildman–Crippen LogP) is 1.37. The lowest BCUT2D eigenvalue weighted by molar-refractivity contribution is 0.0988. The summed E-state index contributed by atoms with van der Waals surface area (Å²) in [6.45, 7) is 1.84. The zero-order chi connectivity index (χ0) is 10.0. The van der Waals surface area contributed by atoms with Crippen molar-refractivity contribution in [1.29, 1.82) is 0 Å². The molecule has 0 atom stereocenters. The van der Waals surface area contributed by atoms with Gasteiger partial charge in [0.1, 0.15) is 5.56 Å². The van der Waals surface area contributed by atoms with E-state index < -0.39 is 0 Å². The van der Waals surface area contributed by atoms with Gasteiger partial charge < -0.3 is 4.98 Å². The molecule has 0 saturated heterocycles. The van der Waals surface area contributed by atoms with Gasteiger partial charge in [0.15, 0.2) is 0 Å². The van der Waals surface area contributed by atoms with Gasteiger partial charge in [0.2, 0.25) is 0 Å². The van der Waals surface area contributed by atoms with E-state index in [1.54, 1.807) is 28.9 Å². The highest BCUT2D eigenvalue weighted by molar-refractivity contribution is 14.1. The fourth-order valence-electron chi connectivity index (χ4n) is 0.831. The molecule has 6 heteroatoms. The fraction of sp³-hybridized carbons (Fsp3) is 0.143. The van der Waals surface area contributed by atoms with Crippen LogP contribution >= 0.6 is 45.5 Å². The number of aryl methyl sites for hydroxylation is 1. The maximum absolute atomic E-state index is 11.3. The molecule has 0 radical (unpaired) electrons. The minimum Gasteiger partial charge on any atom is -0.316 e. The second-order valence-corrected chi connectivity index (χ2v) is 4.05. The zero-order valence-corrected chi connectivity index (χ0v) is 11.0. The van der Waals surface area contributed by atoms with Crippen LogP contribution in [0.15, 0.2) is 10.9 Å². The molecule has 13 heavy (non-hydrogen) atoms. The lowest BCUT2D eigenvalue weighted by atomic mass is 10.2. The Morgan fingerprint density at radius 1 is 1.62 bits per heavy atom. The monoisotopic (exact) mass is 404 g/mol. The number of hydrogen-bond acceptors (Lipinski definition) is 2. The van der Waals surface area contributed by atoms with E-state index in [1.165, 1.54) is 0 Å². The predicted molar refractivity (Wildman–Crippen MR) is 66.0 cm³/mol. The van der Waals surface area contributed by atoms with Gasteiger partial charge in [0.25, 0.3) is 11.5 Å². The summed E-state index contributed by atoms with van der Waals surface area (Å²) < 4.78 is 3.13. The molecule has 1 amide bonds. The Labute approximate surface area is 102 Å². The number of rotatable bonds is 1. The number of halogens is 2. The minimum atomic E-state index is -0.374. The van der Waals surface area contributed by atoms with Crippen molar-refractivity contribution in [2.24, 2.45) is 0 Å². The van der Waals surface area contributed by atoms with Crippen LogP contribution in [-0.4, -0.2) is 10.9 Å². The van der Waals surface area contributed by atoms with Crippen LogP contribution in [0.25, 0.3) is 0 Å². The van der Waals surface area contributed by atoms with Gasteiger partial charge in [-0.3, -0.25) is 13.1 Å². The number of hydrogen-bond donors (Lipinski definition) is 2. The van der Waals surface area contributed by atoms with Crippen LogP contribution in [0.2, 0.25) is 0 Å². The molecule has 1 rings (SSSR count). The first-order chi connectivity index (χ1) is 6.06. The molecular formula is C7H6I2N2O2. The van der Waals surface area contributed by atoms with E-state index in [-0.39, 0.29) is 17.0 Å². The number of H-pyrrole nitrogens is 1. The molecule has 0 saturated carbocycles. The molecule has 0 fully saturated rings. The van der Waals surface area contributed by atoms with Crippen molar-refractivity contribution in [3.63, 3.8) is 0 Å². The van der Waals surface area contributed by atoms with Crippen LogP contribution < -0.4 is 9.09 Å². The summed E-state index contributed by atoms with van der Waals surface area (Å²) in [5, 5.41) is 0. The maximum atomic E-state index is 11.3. The van der Waals surface area contributed by atoms with E-state index in [2.05, 4.69) is 8.51 Å². The first-order valence-electron chi connectivity index (χ1n) is 3.36. The van der Waals surface area contributed by atoms with Crippen molar-refractivity contribution in [2.45, 2.75) is 6.92 Å². The normalized spacial score (nSPS) is 9.77. The molecule has 1 aromatic rings. The van der Waals surface area contributed by atoms with E-state index in [0.717, 1.165) is 9.26 Å². The lowest BCUT2D eigenvalue weighted by Crippen LogP contribution is -2.24. The van der Waals surface area contributed by atoms with Crippen molar-refractivity contribution < 1.29 is 4.79 Å². The third kappa shape index (κ3) is 2.42. The third-order valence-electron chi connectivity index (χ3n) is 1.51. The second kappa shape index (κ2) is 4.40. The molecule has 0 unspecified atom stereocenters. The Balaban J connectivity index is 3.32. The lowest BCUT2D eigenvalue weighted by Gasteiger charge is -2.00. The first-order valence-corrected chi connectivity index (χ1v) is 5.52. The Morgan fingerprint density at radius 3 is 2.77 bits per heavy atom. The zero-order valence-electron chi connectivity index (χ0n) is 6.65. The molecule has 0 aliphatic rings. The molecule has 2 N–H and O–H groups in total. The highest BCUT2D eigenvalue weighted by Crippen LogP contribution is 2.06. The number of carbonyl (C=O) groups excluding carboxylic acids is 1. The van der Waals surface area contributed by atoms with Crippen LogP contribution in [0.3, 0.4) is 0 Å². The van der Waals surface area contributed by atoms with E-state index in [1.807, 2.05) is 29.5 Å². The molecule has 0 aliphatic carbocycles. The average Bonchev–Trinajstić information content (AvgIpc) is 2.10. The number of amides is 1. The minimum absolute atomic E-state index is 0.146. The quantitative estimate of drug-likeness (QED) is 0.422. The highest BCUT2D eigenvalue weighted by Gasteiger charge is 2.10. The fourth-order valence-corrected chi connectivity index (χ4v) is 1.52. The van der Waals surface area contributed by atoms with Gasteiger partial charge in [0.05, 0.1) is 26.6 Å². The summed E-state index contributed by atoms with van der Waals surface area (Å²) in [5.74, 6) is -0.374. The van der Waals surface area contributed by atoms with Crippen LogP contribution in [0.1, 0.15) is 15.9 Å². The van der Waals surface area contributed by atoms with Crippen molar-refractivity contribution in [3.05, 3.63) is 31.2 Å². The number of pyridine rings is 1. The Bertz CT molecular complexity index is 400. The smallest absolute Gasteiger partial charge is 0.265 e. The molecule has 0 aromatic carbocycles. The maximum Gasteiger partial charge on any atom is 0.265 e. The molecule has 4 nitrogen and oxygen atoms in total. The van der Waals surface area contributed by atoms with Crippen molar-refractivity contribution in [2.75, 3.05) is 0 Å². The Kier molecular flexibility index (Phi) is 3.71. The molecular weight excluding hydrogens is 398 g/mol. The molecule has 0 spiro atoms. The number of aromatic amines is 1. The molecule has 70 valence electrons. The topological polar surface area (TPSA) is 62.0 Å². The summed E-state index contributed by atoms with van der Waals surface area (Å²) in [7, 11) is 0. The first kappa shape index (κ1) is 11.0. The molecule has 1 heterocycles. The third-order valence-corrected chi connectivity index (χ3v) is 3.12. The van der Waals surface area contributed by atoms with E-state index in [9.17, 15) is 9.59 Å². The van der Waals surface area contributed by atoms with Gasteiger partial charge in [0, 0.05) is 0 Å². The van der Waals surface area contributed by atoms with Gasteiger partial charge in [-0.2, -0.15) is 0 Å². The van der Waals surface area contributed by atoms with E-state index >= 15 is 0 Å². The van der Waals surface area contributed by atoms with Crippen LogP contribution in [0, 0.1) is 10.6 Å². The van der Waals surface area contributed by atoms with Crippen LogP contribution in [0.4, 0.5) is 0 Å². The van der Waals surface area contributed by atoms with E-state index in [0.29, 0.717) is 0 Å². The Morgan fingerprint density at radius 2 is 2.23 bits per heavy atom. The van der Waals surface area contributed by atoms with E-state index in [4.69, 9.17) is 0 Å². The van der Waals surface area contributed by atoms with Crippen molar-refractivity contribution in [1.82, 2.24) is 8.51 Å². The summed E-state index contributed by atoms with van der Waals surface area (Å²) in [4.78, 5) is 25.0. The van der Waals surface area contributed by atoms with Crippen molar-refractivity contribution >= 4 is 51.4 Å². The van der Waals surface area contributed by atoms with Gasteiger partial charge >= 0.3 is 0 Å². The van der Waals surface area contributed by atoms with Crippen LogP contribution in [-0.2, 0) is 0 Å².